The fourth-order valence-electron chi connectivity index (χ4n) is 3.98. The number of fused-ring (bicyclic) bond motifs is 1. The third-order valence-corrected chi connectivity index (χ3v) is 5.75. The molecule has 11 heteroatoms. The molecule has 3 aromatic rings. The Morgan fingerprint density at radius 2 is 2.22 bits per heavy atom. The average molecular weight is 437 g/mol. The number of likely N-dealkylation sites (tertiary alicyclic amines) is 1. The van der Waals surface area contributed by atoms with Gasteiger partial charge in [-0.15, -0.1) is 0 Å². The van der Waals surface area contributed by atoms with Crippen molar-refractivity contribution in [3.05, 3.63) is 35.7 Å². The molecule has 0 bridgehead atoms. The molecule has 1 saturated heterocycles. The van der Waals surface area contributed by atoms with Crippen LogP contribution >= 0.6 is 0 Å². The highest BCUT2D eigenvalue weighted by Crippen LogP contribution is 2.43. The molecule has 1 aliphatic carbocycles. The first-order valence-electron chi connectivity index (χ1n) is 10.2. The van der Waals surface area contributed by atoms with E-state index in [4.69, 9.17) is 9.84 Å². The van der Waals surface area contributed by atoms with E-state index < -0.39 is 18.4 Å². The second-order valence-corrected chi connectivity index (χ2v) is 7.92. The number of nitrogens with zero attached hydrogens (tertiary/aromatic N) is 6. The van der Waals surface area contributed by atoms with E-state index in [0.717, 1.165) is 23.4 Å². The number of amides is 1. The third-order valence-electron chi connectivity index (χ3n) is 5.75. The summed E-state index contributed by atoms with van der Waals surface area (Å²) in [4.78, 5) is 21.4. The van der Waals surface area contributed by atoms with Gasteiger partial charge in [0.05, 0.1) is 31.1 Å². The minimum absolute atomic E-state index is 0.0230. The first-order valence-corrected chi connectivity index (χ1v) is 10.2. The number of pyridine rings is 1. The lowest BCUT2D eigenvalue weighted by Gasteiger charge is -2.23. The maximum absolute atomic E-state index is 13.9. The molecule has 2 N–H and O–H groups in total. The maximum atomic E-state index is 13.9. The van der Waals surface area contributed by atoms with Crippen LogP contribution in [-0.2, 0) is 0 Å². The van der Waals surface area contributed by atoms with Crippen molar-refractivity contribution in [1.29, 1.82) is 5.26 Å². The summed E-state index contributed by atoms with van der Waals surface area (Å²) in [5, 5.41) is 26.5. The molecule has 1 amide bonds. The number of nitrogens with one attached hydrogen (secondary N) is 1. The number of carbonyl (C=O) groups is 1. The van der Waals surface area contributed by atoms with Crippen LogP contribution in [0.4, 0.5) is 15.0 Å². The van der Waals surface area contributed by atoms with Crippen molar-refractivity contribution >= 4 is 17.6 Å². The molecular weight excluding hydrogens is 417 g/mol. The van der Waals surface area contributed by atoms with Crippen molar-refractivity contribution in [2.75, 3.05) is 19.0 Å². The molecule has 2 fully saturated rings. The molecule has 0 aromatic carbocycles. The van der Waals surface area contributed by atoms with Crippen molar-refractivity contribution in [3.63, 3.8) is 0 Å². The van der Waals surface area contributed by atoms with E-state index in [2.05, 4.69) is 15.3 Å². The van der Waals surface area contributed by atoms with Gasteiger partial charge < -0.3 is 15.2 Å². The van der Waals surface area contributed by atoms with Gasteiger partial charge in [0.15, 0.2) is 5.65 Å². The second kappa shape index (κ2) is 7.64. The van der Waals surface area contributed by atoms with Crippen LogP contribution < -0.4 is 10.1 Å². The molecule has 164 valence electrons. The molecule has 2 unspecified atom stereocenters. The minimum Gasteiger partial charge on any atom is -0.495 e. The van der Waals surface area contributed by atoms with E-state index in [1.807, 2.05) is 12.1 Å². The Labute approximate surface area is 182 Å². The minimum atomic E-state index is -1.28. The fourth-order valence-corrected chi connectivity index (χ4v) is 3.98. The number of alkyl halides is 1. The van der Waals surface area contributed by atoms with Crippen molar-refractivity contribution in [2.45, 2.75) is 37.5 Å². The van der Waals surface area contributed by atoms with E-state index in [9.17, 15) is 19.6 Å². The predicted octanol–water partition coefficient (Wildman–Crippen LogP) is 3.01. The lowest BCUT2D eigenvalue weighted by Crippen LogP contribution is -2.39. The number of aromatic nitrogens is 4. The molecule has 1 saturated carbocycles. The second-order valence-electron chi connectivity index (χ2n) is 7.92. The van der Waals surface area contributed by atoms with Crippen LogP contribution in [0, 0.1) is 11.3 Å². The average Bonchev–Trinajstić information content (AvgIpc) is 3.44. The van der Waals surface area contributed by atoms with Gasteiger partial charge in [0, 0.05) is 18.4 Å². The Bertz CT molecular complexity index is 1250. The Kier molecular flexibility index (Phi) is 4.77. The van der Waals surface area contributed by atoms with Gasteiger partial charge in [-0.3, -0.25) is 4.90 Å². The molecule has 0 radical (unpaired) electrons. The molecule has 1 aliphatic heterocycles. The van der Waals surface area contributed by atoms with Gasteiger partial charge in [0.2, 0.25) is 0 Å². The molecule has 3 aromatic heterocycles. The fraction of sp³-hybridized carbons (Fsp3) is 0.381. The number of anilines is 1. The number of methoxy groups -OCH3 is 1. The number of ether oxygens (including phenoxy) is 1. The number of nitriles is 1. The van der Waals surface area contributed by atoms with E-state index in [1.165, 1.54) is 0 Å². The highest BCUT2D eigenvalue weighted by Gasteiger charge is 2.36. The van der Waals surface area contributed by atoms with Gasteiger partial charge in [0.25, 0.3) is 0 Å². The quantitative estimate of drug-likeness (QED) is 0.623. The number of carboxylic acid groups (broad SMARTS) is 1. The zero-order chi connectivity index (χ0) is 22.4. The predicted molar refractivity (Wildman–Crippen MR) is 111 cm³/mol. The van der Waals surface area contributed by atoms with E-state index in [-0.39, 0.29) is 24.3 Å². The van der Waals surface area contributed by atoms with Crippen LogP contribution in [0.5, 0.6) is 5.75 Å². The highest BCUT2D eigenvalue weighted by molar-refractivity contribution is 5.68. The molecule has 10 nitrogen and oxygen atoms in total. The summed E-state index contributed by atoms with van der Waals surface area (Å²) < 4.78 is 21.0. The van der Waals surface area contributed by atoms with Crippen molar-refractivity contribution in [2.24, 2.45) is 0 Å². The number of hydrogen-bond acceptors (Lipinski definition) is 7. The van der Waals surface area contributed by atoms with Crippen LogP contribution in [0.15, 0.2) is 24.4 Å². The summed E-state index contributed by atoms with van der Waals surface area (Å²) >= 11 is 0. The number of imidazole rings is 1. The smallest absolute Gasteiger partial charge is 0.409 e. The summed E-state index contributed by atoms with van der Waals surface area (Å²) in [6.07, 6.45) is 0.389. The van der Waals surface area contributed by atoms with Gasteiger partial charge in [-0.05, 0) is 25.0 Å². The normalized spacial score (nSPS) is 20.3. The van der Waals surface area contributed by atoms with Crippen LogP contribution in [0.2, 0.25) is 0 Å². The molecule has 5 rings (SSSR count). The molecule has 2 atom stereocenters. The van der Waals surface area contributed by atoms with Gasteiger partial charge in [0.1, 0.15) is 41.4 Å². The molecule has 32 heavy (non-hydrogen) atoms. The Morgan fingerprint density at radius 3 is 2.91 bits per heavy atom. The Morgan fingerprint density at radius 1 is 1.41 bits per heavy atom. The molecule has 0 spiro atoms. The summed E-state index contributed by atoms with van der Waals surface area (Å²) in [5.41, 5.74) is 2.79. The van der Waals surface area contributed by atoms with Crippen LogP contribution in [0.1, 0.15) is 36.4 Å². The topological polar surface area (TPSA) is 129 Å². The summed E-state index contributed by atoms with van der Waals surface area (Å²) in [6, 6.07) is 7.14. The highest BCUT2D eigenvalue weighted by atomic mass is 19.1. The Hall–Kier alpha value is -3.94. The zero-order valence-electron chi connectivity index (χ0n) is 17.2. The molecule has 4 heterocycles. The van der Waals surface area contributed by atoms with Gasteiger partial charge in [-0.1, -0.05) is 0 Å². The lowest BCUT2D eigenvalue weighted by atomic mass is 10.2. The first kappa shape index (κ1) is 20.0. The lowest BCUT2D eigenvalue weighted by molar-refractivity contribution is 0.142. The van der Waals surface area contributed by atoms with Crippen molar-refractivity contribution in [3.8, 4) is 23.2 Å². The molecule has 2 aliphatic rings. The van der Waals surface area contributed by atoms with E-state index in [1.54, 1.807) is 30.0 Å². The zero-order valence-corrected chi connectivity index (χ0v) is 17.2. The van der Waals surface area contributed by atoms with Gasteiger partial charge >= 0.3 is 6.09 Å². The largest absolute Gasteiger partial charge is 0.495 e. The summed E-state index contributed by atoms with van der Waals surface area (Å²) in [7, 11) is 1.61. The summed E-state index contributed by atoms with van der Waals surface area (Å²) in [6.45, 7) is -0.225. The van der Waals surface area contributed by atoms with E-state index in [0.29, 0.717) is 28.7 Å². The standard InChI is InChI=1S/C21H20FN7O3/c1-32-16-7-17-24-9-15(29(17)27-19(16)11-2-3-11)14-5-4-12(8-23)20(25-14)26-18-6-13(22)10-28(18)21(30)31/h4-5,7,9,11,13,18H,2-3,6,10H2,1H3,(H,25,26)(H,30,31). The first-order chi connectivity index (χ1) is 15.5. The SMILES string of the molecule is COc1cc2ncc(-c3ccc(C#N)c(NC4CC(F)CN4C(=O)O)n3)n2nc1C1CC1. The third kappa shape index (κ3) is 3.43. The monoisotopic (exact) mass is 437 g/mol. The maximum Gasteiger partial charge on any atom is 0.409 e. The number of halogens is 1. The molecular formula is C21H20FN7O3. The van der Waals surface area contributed by atoms with Crippen LogP contribution in [-0.4, -0.2) is 61.7 Å². The Balaban J connectivity index is 1.54. The van der Waals surface area contributed by atoms with Gasteiger partial charge in [-0.25, -0.2) is 23.7 Å². The van der Waals surface area contributed by atoms with Crippen LogP contribution in [0.3, 0.4) is 0 Å². The number of rotatable bonds is 5. The summed E-state index contributed by atoms with van der Waals surface area (Å²) in [5.74, 6) is 1.23. The number of hydrogen-bond donors (Lipinski definition) is 2. The van der Waals surface area contributed by atoms with Crippen LogP contribution in [0.25, 0.3) is 17.0 Å². The van der Waals surface area contributed by atoms with E-state index >= 15 is 0 Å². The van der Waals surface area contributed by atoms with Gasteiger partial charge in [-0.2, -0.15) is 10.4 Å². The van der Waals surface area contributed by atoms with Crippen molar-refractivity contribution in [1.82, 2.24) is 24.5 Å². The van der Waals surface area contributed by atoms with Crippen molar-refractivity contribution < 1.29 is 19.0 Å².